The van der Waals surface area contributed by atoms with Gasteiger partial charge in [-0.2, -0.15) is 0 Å². The van der Waals surface area contributed by atoms with Crippen LogP contribution in [-0.2, 0) is 6.42 Å². The molecule has 158 valence electrons. The molecule has 0 aromatic carbocycles. The van der Waals surface area contributed by atoms with E-state index in [1.807, 2.05) is 37.2 Å². The largest absolute Gasteiger partial charge is 0.363 e. The third kappa shape index (κ3) is 4.64. The topological polar surface area (TPSA) is 64.8 Å². The van der Waals surface area contributed by atoms with E-state index < -0.39 is 0 Å². The van der Waals surface area contributed by atoms with Crippen molar-refractivity contribution in [3.8, 4) is 0 Å². The van der Waals surface area contributed by atoms with Gasteiger partial charge in [-0.15, -0.1) is 0 Å². The number of anilines is 1. The first-order valence-electron chi connectivity index (χ1n) is 10.8. The number of nitrogens with one attached hydrogen (secondary N) is 2. The van der Waals surface area contributed by atoms with Crippen LogP contribution in [0.3, 0.4) is 0 Å². The molecule has 1 fully saturated rings. The van der Waals surface area contributed by atoms with Gasteiger partial charge in [0, 0.05) is 37.5 Å². The van der Waals surface area contributed by atoms with Crippen molar-refractivity contribution in [1.29, 1.82) is 0 Å². The minimum atomic E-state index is -0.0896. The van der Waals surface area contributed by atoms with Crippen LogP contribution in [0, 0.1) is 16.6 Å². The Morgan fingerprint density at radius 1 is 1.13 bits per heavy atom. The summed E-state index contributed by atoms with van der Waals surface area (Å²) >= 11 is 5.31. The van der Waals surface area contributed by atoms with E-state index in [2.05, 4.69) is 34.3 Å². The second-order valence-corrected chi connectivity index (χ2v) is 9.09. The standard InChI is InChI=1S/C24H30N4OS/c1-28(2)21-10-6-9-19(25-21)15-20-22(26-24(30)27-23(20)29)18-13-11-17(12-14-18)16-7-4-3-5-8-16/h3-7,9-10,16-18H,8,11-15H2,1-2H3,(H2,26,27,29,30). The van der Waals surface area contributed by atoms with Gasteiger partial charge in [0.25, 0.3) is 5.56 Å². The molecule has 0 radical (unpaired) electrons. The van der Waals surface area contributed by atoms with E-state index in [4.69, 9.17) is 17.2 Å². The average molecular weight is 423 g/mol. The summed E-state index contributed by atoms with van der Waals surface area (Å²) in [6.45, 7) is 0. The van der Waals surface area contributed by atoms with Crippen molar-refractivity contribution in [3.63, 3.8) is 0 Å². The predicted molar refractivity (Wildman–Crippen MR) is 125 cm³/mol. The molecule has 0 amide bonds. The maximum Gasteiger partial charge on any atom is 0.255 e. The molecule has 2 heterocycles. The highest BCUT2D eigenvalue weighted by Crippen LogP contribution is 2.40. The molecule has 0 saturated heterocycles. The maximum atomic E-state index is 12.8. The van der Waals surface area contributed by atoms with Crippen molar-refractivity contribution >= 4 is 18.0 Å². The van der Waals surface area contributed by atoms with Crippen LogP contribution < -0.4 is 10.5 Å². The molecule has 30 heavy (non-hydrogen) atoms. The molecule has 0 aliphatic heterocycles. The lowest BCUT2D eigenvalue weighted by atomic mass is 9.72. The van der Waals surface area contributed by atoms with Crippen LogP contribution in [0.25, 0.3) is 0 Å². The Balaban J connectivity index is 1.56. The fourth-order valence-electron chi connectivity index (χ4n) is 4.83. The molecule has 2 aliphatic carbocycles. The van der Waals surface area contributed by atoms with Gasteiger partial charge in [-0.05, 0) is 74.2 Å². The molecule has 4 rings (SSSR count). The van der Waals surface area contributed by atoms with Crippen LogP contribution in [0.15, 0.2) is 47.3 Å². The smallest absolute Gasteiger partial charge is 0.255 e. The second-order valence-electron chi connectivity index (χ2n) is 8.68. The summed E-state index contributed by atoms with van der Waals surface area (Å²) in [7, 11) is 3.94. The lowest BCUT2D eigenvalue weighted by Crippen LogP contribution is -2.25. The predicted octanol–water partition coefficient (Wildman–Crippen LogP) is 4.89. The van der Waals surface area contributed by atoms with Crippen LogP contribution in [0.2, 0.25) is 0 Å². The number of aromatic amines is 2. The van der Waals surface area contributed by atoms with Crippen molar-refractivity contribution in [2.75, 3.05) is 19.0 Å². The quantitative estimate of drug-likeness (QED) is 0.674. The molecule has 1 saturated carbocycles. The third-order valence-corrected chi connectivity index (χ3v) is 6.69. The van der Waals surface area contributed by atoms with Crippen molar-refractivity contribution in [2.24, 2.45) is 11.8 Å². The number of H-pyrrole nitrogens is 2. The number of hydrogen-bond acceptors (Lipinski definition) is 4. The van der Waals surface area contributed by atoms with E-state index in [0.717, 1.165) is 47.9 Å². The lowest BCUT2D eigenvalue weighted by Gasteiger charge is -2.33. The van der Waals surface area contributed by atoms with Crippen molar-refractivity contribution < 1.29 is 0 Å². The molecule has 2 N–H and O–H groups in total. The highest BCUT2D eigenvalue weighted by atomic mass is 32.1. The van der Waals surface area contributed by atoms with Gasteiger partial charge >= 0.3 is 0 Å². The summed E-state index contributed by atoms with van der Waals surface area (Å²) in [5, 5.41) is 0. The summed E-state index contributed by atoms with van der Waals surface area (Å²) in [5.41, 5.74) is 2.59. The van der Waals surface area contributed by atoms with Gasteiger partial charge in [-0.25, -0.2) is 4.98 Å². The number of aromatic nitrogens is 3. The Morgan fingerprint density at radius 3 is 2.63 bits per heavy atom. The molecule has 0 spiro atoms. The number of pyridine rings is 1. The summed E-state index contributed by atoms with van der Waals surface area (Å²) in [4.78, 5) is 25.6. The summed E-state index contributed by atoms with van der Waals surface area (Å²) in [6, 6.07) is 5.95. The fourth-order valence-corrected chi connectivity index (χ4v) is 5.04. The van der Waals surface area contributed by atoms with Crippen molar-refractivity contribution in [2.45, 2.75) is 44.4 Å². The van der Waals surface area contributed by atoms with Crippen LogP contribution in [-0.4, -0.2) is 29.0 Å². The first kappa shape index (κ1) is 20.8. The molecule has 0 bridgehead atoms. The molecule has 5 nitrogen and oxygen atoms in total. The highest BCUT2D eigenvalue weighted by molar-refractivity contribution is 7.71. The van der Waals surface area contributed by atoms with Crippen molar-refractivity contribution in [1.82, 2.24) is 15.0 Å². The van der Waals surface area contributed by atoms with Crippen LogP contribution in [0.4, 0.5) is 5.82 Å². The van der Waals surface area contributed by atoms with Gasteiger partial charge in [0.2, 0.25) is 0 Å². The van der Waals surface area contributed by atoms with E-state index in [1.54, 1.807) is 0 Å². The van der Waals surface area contributed by atoms with Gasteiger partial charge in [-0.1, -0.05) is 30.4 Å². The highest BCUT2D eigenvalue weighted by Gasteiger charge is 2.29. The maximum absolute atomic E-state index is 12.8. The number of hydrogen-bond donors (Lipinski definition) is 2. The van der Waals surface area contributed by atoms with Crippen LogP contribution in [0.1, 0.15) is 55.0 Å². The second kappa shape index (κ2) is 9.13. The Bertz CT molecular complexity index is 1060. The Kier molecular flexibility index (Phi) is 6.32. The normalized spacial score (nSPS) is 23.5. The first-order valence-corrected chi connectivity index (χ1v) is 11.2. The summed E-state index contributed by atoms with van der Waals surface area (Å²) in [5.74, 6) is 2.63. The zero-order valence-corrected chi connectivity index (χ0v) is 18.5. The Labute approximate surface area is 183 Å². The zero-order valence-electron chi connectivity index (χ0n) is 17.7. The van der Waals surface area contributed by atoms with Gasteiger partial charge in [0.1, 0.15) is 5.82 Å². The van der Waals surface area contributed by atoms with Crippen LogP contribution in [0.5, 0.6) is 0 Å². The van der Waals surface area contributed by atoms with E-state index in [1.165, 1.54) is 12.8 Å². The number of nitrogens with zero attached hydrogens (tertiary/aromatic N) is 2. The monoisotopic (exact) mass is 422 g/mol. The number of rotatable bonds is 5. The minimum absolute atomic E-state index is 0.0896. The SMILES string of the molecule is CN(C)c1cccc(Cc2c(C3CCC(C4C=CC=CC4)CC3)[nH]c(=S)[nH]c2=O)n1. The summed E-state index contributed by atoms with van der Waals surface area (Å²) < 4.78 is 0.413. The van der Waals surface area contributed by atoms with Crippen LogP contribution >= 0.6 is 12.2 Å². The fraction of sp³-hybridized carbons (Fsp3) is 0.458. The molecule has 1 atom stereocenters. The molecular formula is C24H30N4OS. The molecule has 2 aliphatic rings. The first-order chi connectivity index (χ1) is 14.5. The Hall–Kier alpha value is -2.47. The lowest BCUT2D eigenvalue weighted by molar-refractivity contribution is 0.262. The van der Waals surface area contributed by atoms with E-state index >= 15 is 0 Å². The Morgan fingerprint density at radius 2 is 1.93 bits per heavy atom. The minimum Gasteiger partial charge on any atom is -0.363 e. The molecule has 1 unspecified atom stereocenters. The molecular weight excluding hydrogens is 392 g/mol. The number of allylic oxidation sites excluding steroid dienone is 4. The molecule has 2 aromatic heterocycles. The third-order valence-electron chi connectivity index (χ3n) is 6.48. The van der Waals surface area contributed by atoms with Gasteiger partial charge in [-0.3, -0.25) is 9.78 Å². The molecule has 2 aromatic rings. The van der Waals surface area contributed by atoms with E-state index in [0.29, 0.717) is 23.0 Å². The van der Waals surface area contributed by atoms with E-state index in [9.17, 15) is 4.79 Å². The van der Waals surface area contributed by atoms with Gasteiger partial charge in [0.15, 0.2) is 4.77 Å². The zero-order chi connectivity index (χ0) is 21.1. The average Bonchev–Trinajstić information content (AvgIpc) is 2.76. The summed E-state index contributed by atoms with van der Waals surface area (Å²) in [6.07, 6.45) is 15.2. The van der Waals surface area contributed by atoms with Gasteiger partial charge in [0.05, 0.1) is 0 Å². The van der Waals surface area contributed by atoms with Gasteiger partial charge < -0.3 is 9.88 Å². The van der Waals surface area contributed by atoms with E-state index in [-0.39, 0.29) is 5.56 Å². The molecule has 6 heteroatoms. The van der Waals surface area contributed by atoms with Crippen molar-refractivity contribution in [3.05, 3.63) is 74.6 Å².